The molecule has 0 aromatic heterocycles. The molecule has 7 heteroatoms. The van der Waals surface area contributed by atoms with Gasteiger partial charge < -0.3 is 15.0 Å². The SMILES string of the molecule is O=C1COc2ccc(-c3ccc(C(=O)N4CCC(F)(F)CC4)cc3)cc2N1. The summed E-state index contributed by atoms with van der Waals surface area (Å²) < 4.78 is 31.9. The van der Waals surface area contributed by atoms with E-state index in [0.717, 1.165) is 11.1 Å². The Morgan fingerprint density at radius 1 is 1.04 bits per heavy atom. The smallest absolute Gasteiger partial charge is 0.262 e. The van der Waals surface area contributed by atoms with Gasteiger partial charge in [-0.25, -0.2) is 8.78 Å². The molecular formula is C20H18F2N2O3. The number of nitrogens with zero attached hydrogens (tertiary/aromatic N) is 1. The van der Waals surface area contributed by atoms with Crippen molar-refractivity contribution in [2.75, 3.05) is 25.0 Å². The van der Waals surface area contributed by atoms with E-state index < -0.39 is 5.92 Å². The van der Waals surface area contributed by atoms with Gasteiger partial charge in [0, 0.05) is 31.5 Å². The minimum atomic E-state index is -2.67. The third kappa shape index (κ3) is 3.63. The highest BCUT2D eigenvalue weighted by Gasteiger charge is 2.35. The van der Waals surface area contributed by atoms with Crippen LogP contribution in [-0.4, -0.2) is 42.3 Å². The Bertz CT molecular complexity index is 887. The number of carbonyl (C=O) groups excluding carboxylic acids is 2. The van der Waals surface area contributed by atoms with Crippen molar-refractivity contribution >= 4 is 17.5 Å². The van der Waals surface area contributed by atoms with Crippen LogP contribution in [0.3, 0.4) is 0 Å². The summed E-state index contributed by atoms with van der Waals surface area (Å²) in [5.41, 5.74) is 2.83. The third-order valence-corrected chi connectivity index (χ3v) is 4.86. The summed E-state index contributed by atoms with van der Waals surface area (Å²) in [6, 6.07) is 12.5. The van der Waals surface area contributed by atoms with Crippen LogP contribution < -0.4 is 10.1 Å². The first-order chi connectivity index (χ1) is 12.9. The average Bonchev–Trinajstić information content (AvgIpc) is 2.67. The zero-order valence-corrected chi connectivity index (χ0v) is 14.5. The van der Waals surface area contributed by atoms with E-state index in [2.05, 4.69) is 5.32 Å². The second-order valence-corrected chi connectivity index (χ2v) is 6.77. The van der Waals surface area contributed by atoms with E-state index >= 15 is 0 Å². The van der Waals surface area contributed by atoms with Crippen LogP contribution in [0.25, 0.3) is 11.1 Å². The number of carbonyl (C=O) groups is 2. The first-order valence-corrected chi connectivity index (χ1v) is 8.76. The fourth-order valence-corrected chi connectivity index (χ4v) is 3.29. The van der Waals surface area contributed by atoms with Crippen LogP contribution in [0, 0.1) is 0 Å². The number of nitrogens with one attached hydrogen (secondary N) is 1. The molecule has 2 aromatic rings. The van der Waals surface area contributed by atoms with Crippen molar-refractivity contribution in [1.82, 2.24) is 4.90 Å². The van der Waals surface area contributed by atoms with Crippen LogP contribution in [0.4, 0.5) is 14.5 Å². The molecule has 1 saturated heterocycles. The Hall–Kier alpha value is -2.96. The van der Waals surface area contributed by atoms with Crippen molar-refractivity contribution in [2.24, 2.45) is 0 Å². The summed E-state index contributed by atoms with van der Waals surface area (Å²) in [4.78, 5) is 25.4. The molecule has 0 saturated carbocycles. The second kappa shape index (κ2) is 6.64. The lowest BCUT2D eigenvalue weighted by Gasteiger charge is -2.31. The molecule has 0 radical (unpaired) electrons. The lowest BCUT2D eigenvalue weighted by Crippen LogP contribution is -2.42. The fraction of sp³-hybridized carbons (Fsp3) is 0.300. The van der Waals surface area contributed by atoms with Gasteiger partial charge in [-0.2, -0.15) is 0 Å². The molecule has 0 unspecified atom stereocenters. The topological polar surface area (TPSA) is 58.6 Å². The largest absolute Gasteiger partial charge is 0.482 e. The molecule has 4 rings (SSSR count). The van der Waals surface area contributed by atoms with Crippen molar-refractivity contribution < 1.29 is 23.1 Å². The van der Waals surface area contributed by atoms with Gasteiger partial charge >= 0.3 is 0 Å². The minimum Gasteiger partial charge on any atom is -0.482 e. The number of anilines is 1. The molecule has 2 heterocycles. The number of piperidine rings is 1. The summed E-state index contributed by atoms with van der Waals surface area (Å²) in [6.07, 6.45) is -0.584. The normalized spacial score (nSPS) is 18.3. The number of alkyl halides is 2. The van der Waals surface area contributed by atoms with Gasteiger partial charge in [-0.1, -0.05) is 18.2 Å². The molecular weight excluding hydrogens is 354 g/mol. The molecule has 1 N–H and O–H groups in total. The molecule has 2 aliphatic heterocycles. The van der Waals surface area contributed by atoms with E-state index in [1.54, 1.807) is 30.3 Å². The van der Waals surface area contributed by atoms with Gasteiger partial charge in [-0.3, -0.25) is 9.59 Å². The molecule has 0 aliphatic carbocycles. The van der Waals surface area contributed by atoms with E-state index in [0.29, 0.717) is 17.0 Å². The molecule has 0 spiro atoms. The molecule has 2 amide bonds. The number of benzene rings is 2. The number of likely N-dealkylation sites (tertiary alicyclic amines) is 1. The Balaban J connectivity index is 1.50. The van der Waals surface area contributed by atoms with Gasteiger partial charge in [0.1, 0.15) is 5.75 Å². The standard InChI is InChI=1S/C20H18F2N2O3/c21-20(22)7-9-24(10-8-20)19(26)14-3-1-13(2-4-14)15-5-6-17-16(11-15)23-18(25)12-27-17/h1-6,11H,7-10,12H2,(H,23,25). The van der Waals surface area contributed by atoms with E-state index in [1.807, 2.05) is 12.1 Å². The van der Waals surface area contributed by atoms with Crippen molar-refractivity contribution in [1.29, 1.82) is 0 Å². The maximum atomic E-state index is 13.3. The monoisotopic (exact) mass is 372 g/mol. The summed E-state index contributed by atoms with van der Waals surface area (Å²) >= 11 is 0. The van der Waals surface area contributed by atoms with E-state index in [4.69, 9.17) is 4.74 Å². The molecule has 1 fully saturated rings. The first-order valence-electron chi connectivity index (χ1n) is 8.76. The molecule has 2 aromatic carbocycles. The number of halogens is 2. The maximum Gasteiger partial charge on any atom is 0.262 e. The zero-order chi connectivity index (χ0) is 19.0. The predicted molar refractivity (Wildman–Crippen MR) is 96.1 cm³/mol. The van der Waals surface area contributed by atoms with Crippen LogP contribution in [0.15, 0.2) is 42.5 Å². The zero-order valence-electron chi connectivity index (χ0n) is 14.5. The molecule has 0 bridgehead atoms. The number of amides is 2. The summed E-state index contributed by atoms with van der Waals surface area (Å²) in [6.45, 7) is 0.141. The second-order valence-electron chi connectivity index (χ2n) is 6.77. The number of fused-ring (bicyclic) bond motifs is 1. The van der Waals surface area contributed by atoms with Crippen LogP contribution in [0.5, 0.6) is 5.75 Å². The third-order valence-electron chi connectivity index (χ3n) is 4.86. The molecule has 140 valence electrons. The summed E-state index contributed by atoms with van der Waals surface area (Å²) in [5, 5.41) is 2.76. The van der Waals surface area contributed by atoms with Gasteiger partial charge in [0.2, 0.25) is 0 Å². The molecule has 0 atom stereocenters. The minimum absolute atomic E-state index is 0.00554. The Morgan fingerprint density at radius 3 is 2.41 bits per heavy atom. The van der Waals surface area contributed by atoms with E-state index in [9.17, 15) is 18.4 Å². The average molecular weight is 372 g/mol. The van der Waals surface area contributed by atoms with Gasteiger partial charge in [-0.05, 0) is 35.4 Å². The van der Waals surface area contributed by atoms with Gasteiger partial charge in [0.25, 0.3) is 17.7 Å². The van der Waals surface area contributed by atoms with Crippen LogP contribution in [0.1, 0.15) is 23.2 Å². The lowest BCUT2D eigenvalue weighted by molar-refractivity contribution is -0.118. The number of ether oxygens (including phenoxy) is 1. The highest BCUT2D eigenvalue weighted by Crippen LogP contribution is 2.33. The van der Waals surface area contributed by atoms with Crippen molar-refractivity contribution in [2.45, 2.75) is 18.8 Å². The van der Waals surface area contributed by atoms with E-state index in [-0.39, 0.29) is 44.4 Å². The highest BCUT2D eigenvalue weighted by atomic mass is 19.3. The predicted octanol–water partition coefficient (Wildman–Crippen LogP) is 3.56. The molecule has 5 nitrogen and oxygen atoms in total. The Labute approximate surface area is 154 Å². The van der Waals surface area contributed by atoms with Crippen LogP contribution >= 0.6 is 0 Å². The molecule has 27 heavy (non-hydrogen) atoms. The van der Waals surface area contributed by atoms with Crippen LogP contribution in [0.2, 0.25) is 0 Å². The summed E-state index contributed by atoms with van der Waals surface area (Å²) in [7, 11) is 0. The Kier molecular flexibility index (Phi) is 4.30. The van der Waals surface area contributed by atoms with Gasteiger partial charge in [0.05, 0.1) is 5.69 Å². The highest BCUT2D eigenvalue weighted by molar-refractivity contribution is 5.97. The molecule has 2 aliphatic rings. The summed E-state index contributed by atoms with van der Waals surface area (Å²) in [5.74, 6) is -2.49. The first kappa shape index (κ1) is 17.5. The quantitative estimate of drug-likeness (QED) is 0.877. The van der Waals surface area contributed by atoms with Gasteiger partial charge in [0.15, 0.2) is 6.61 Å². The number of hydrogen-bond acceptors (Lipinski definition) is 3. The van der Waals surface area contributed by atoms with Crippen LogP contribution in [-0.2, 0) is 4.79 Å². The van der Waals surface area contributed by atoms with Crippen molar-refractivity contribution in [3.8, 4) is 16.9 Å². The maximum absolute atomic E-state index is 13.3. The lowest BCUT2D eigenvalue weighted by atomic mass is 10.0. The van der Waals surface area contributed by atoms with Crippen molar-refractivity contribution in [3.63, 3.8) is 0 Å². The van der Waals surface area contributed by atoms with E-state index in [1.165, 1.54) is 4.90 Å². The van der Waals surface area contributed by atoms with Crippen molar-refractivity contribution in [3.05, 3.63) is 48.0 Å². The van der Waals surface area contributed by atoms with Gasteiger partial charge in [-0.15, -0.1) is 0 Å². The fourth-order valence-electron chi connectivity index (χ4n) is 3.29. The number of hydrogen-bond donors (Lipinski definition) is 1. The number of rotatable bonds is 2. The Morgan fingerprint density at radius 2 is 1.70 bits per heavy atom.